The van der Waals surface area contributed by atoms with E-state index < -0.39 is 42.3 Å². The third-order valence-electron chi connectivity index (χ3n) is 4.13. The summed E-state index contributed by atoms with van der Waals surface area (Å²) in [7, 11) is 0. The monoisotopic (exact) mass is 334 g/mol. The zero-order valence-electron chi connectivity index (χ0n) is 12.9. The topological polar surface area (TPSA) is 125 Å². The van der Waals surface area contributed by atoms with Crippen LogP contribution in [0.1, 0.15) is 17.2 Å². The van der Waals surface area contributed by atoms with Crippen molar-refractivity contribution in [2.45, 2.75) is 31.3 Å². The Kier molecular flexibility index (Phi) is 4.37. The molecule has 4 atom stereocenters. The molecule has 2 heterocycles. The van der Waals surface area contributed by atoms with Gasteiger partial charge in [0.15, 0.2) is 0 Å². The smallest absolute Gasteiger partial charge is 0.332 e. The van der Waals surface area contributed by atoms with Gasteiger partial charge in [-0.05, 0) is 19.1 Å². The Morgan fingerprint density at radius 3 is 2.42 bits per heavy atom. The van der Waals surface area contributed by atoms with E-state index in [2.05, 4.69) is 4.98 Å². The number of aromatic nitrogens is 2. The number of rotatable bonds is 3. The Hall–Kier alpha value is -2.26. The summed E-state index contributed by atoms with van der Waals surface area (Å²) in [5.41, 5.74) is 0.213. The van der Waals surface area contributed by atoms with Crippen LogP contribution >= 0.6 is 0 Å². The van der Waals surface area contributed by atoms with Crippen LogP contribution in [0, 0.1) is 6.92 Å². The quantitative estimate of drug-likeness (QED) is 0.570. The van der Waals surface area contributed by atoms with Crippen molar-refractivity contribution < 1.29 is 20.1 Å². The van der Waals surface area contributed by atoms with Gasteiger partial charge >= 0.3 is 5.69 Å². The molecule has 1 saturated heterocycles. The summed E-state index contributed by atoms with van der Waals surface area (Å²) in [5, 5.41) is 29.1. The fraction of sp³-hybridized carbons (Fsp3) is 0.375. The zero-order chi connectivity index (χ0) is 17.4. The Bertz CT molecular complexity index is 841. The summed E-state index contributed by atoms with van der Waals surface area (Å²) in [5.74, 6) is 0. The maximum Gasteiger partial charge on any atom is 0.332 e. The van der Waals surface area contributed by atoms with E-state index >= 15 is 0 Å². The van der Waals surface area contributed by atoms with Crippen molar-refractivity contribution in [1.82, 2.24) is 9.55 Å². The summed E-state index contributed by atoms with van der Waals surface area (Å²) < 4.78 is 6.59. The molecule has 0 spiro atoms. The minimum atomic E-state index is -1.38. The number of aliphatic hydroxyl groups excluding tert-OH is 3. The number of benzene rings is 1. The predicted octanol–water partition coefficient (Wildman–Crippen LogP) is -1.01. The molecule has 0 bridgehead atoms. The standard InChI is InChI=1S/C16H18N2O6/c1-8-2-4-9(5-3-8)18-6-10(15(22)17-16(18)23)14-13(21)12(20)11(7-19)24-14/h2-6,11-14,19-21H,7H2,1H3,(H,17,22,23)/t11-,12-,13-,14+/m1/s1. The van der Waals surface area contributed by atoms with E-state index in [-0.39, 0.29) is 5.56 Å². The van der Waals surface area contributed by atoms with Crippen molar-refractivity contribution >= 4 is 0 Å². The van der Waals surface area contributed by atoms with E-state index in [1.807, 2.05) is 19.1 Å². The fourth-order valence-corrected chi connectivity index (χ4v) is 2.74. The van der Waals surface area contributed by atoms with E-state index in [0.29, 0.717) is 5.69 Å². The summed E-state index contributed by atoms with van der Waals surface area (Å²) in [4.78, 5) is 26.4. The van der Waals surface area contributed by atoms with Crippen molar-refractivity contribution in [2.75, 3.05) is 6.61 Å². The minimum absolute atomic E-state index is 0.00215. The summed E-state index contributed by atoms with van der Waals surface area (Å²) in [6.45, 7) is 1.41. The molecule has 4 N–H and O–H groups in total. The Labute approximate surface area is 136 Å². The third-order valence-corrected chi connectivity index (χ3v) is 4.13. The lowest BCUT2D eigenvalue weighted by Crippen LogP contribution is -2.35. The van der Waals surface area contributed by atoms with Gasteiger partial charge in [0.05, 0.1) is 17.9 Å². The number of aryl methyl sites for hydroxylation is 1. The van der Waals surface area contributed by atoms with Crippen LogP contribution in [0.25, 0.3) is 5.69 Å². The lowest BCUT2D eigenvalue weighted by molar-refractivity contribution is -0.0233. The van der Waals surface area contributed by atoms with Gasteiger partial charge in [0.2, 0.25) is 0 Å². The molecule has 1 aromatic carbocycles. The van der Waals surface area contributed by atoms with Crippen molar-refractivity contribution in [3.8, 4) is 5.69 Å². The van der Waals surface area contributed by atoms with Crippen molar-refractivity contribution in [2.24, 2.45) is 0 Å². The maximum absolute atomic E-state index is 12.1. The Morgan fingerprint density at radius 2 is 1.83 bits per heavy atom. The molecule has 0 radical (unpaired) electrons. The molecule has 8 nitrogen and oxygen atoms in total. The highest BCUT2D eigenvalue weighted by atomic mass is 16.6. The molecule has 8 heteroatoms. The maximum atomic E-state index is 12.1. The van der Waals surface area contributed by atoms with Crippen LogP contribution < -0.4 is 11.2 Å². The number of aromatic amines is 1. The van der Waals surface area contributed by atoms with Gasteiger partial charge in [0.1, 0.15) is 24.4 Å². The molecular formula is C16H18N2O6. The molecule has 1 aliphatic heterocycles. The van der Waals surface area contributed by atoms with E-state index in [0.717, 1.165) is 5.56 Å². The van der Waals surface area contributed by atoms with E-state index in [1.165, 1.54) is 10.8 Å². The normalized spacial score (nSPS) is 26.7. The molecule has 1 aromatic heterocycles. The van der Waals surface area contributed by atoms with Crippen LogP contribution in [0.3, 0.4) is 0 Å². The van der Waals surface area contributed by atoms with Crippen LogP contribution in [0.4, 0.5) is 0 Å². The average molecular weight is 334 g/mol. The first-order valence-corrected chi connectivity index (χ1v) is 7.47. The van der Waals surface area contributed by atoms with Crippen LogP contribution in [0.2, 0.25) is 0 Å². The average Bonchev–Trinajstić information content (AvgIpc) is 2.84. The second-order valence-corrected chi connectivity index (χ2v) is 5.81. The lowest BCUT2D eigenvalue weighted by atomic mass is 10.0. The minimum Gasteiger partial charge on any atom is -0.394 e. The van der Waals surface area contributed by atoms with Crippen LogP contribution in [-0.2, 0) is 4.74 Å². The summed E-state index contributed by atoms with van der Waals surface area (Å²) in [6, 6.07) is 7.07. The van der Waals surface area contributed by atoms with Crippen molar-refractivity contribution in [3.63, 3.8) is 0 Å². The molecule has 0 saturated carbocycles. The SMILES string of the molecule is Cc1ccc(-n2cc([C@@H]3O[C@H](CO)[C@@H](O)[C@H]3O)c(=O)[nH]c2=O)cc1. The van der Waals surface area contributed by atoms with E-state index in [4.69, 9.17) is 9.84 Å². The highest BCUT2D eigenvalue weighted by Gasteiger charge is 2.44. The number of nitrogens with zero attached hydrogens (tertiary/aromatic N) is 1. The van der Waals surface area contributed by atoms with Crippen molar-refractivity contribution in [1.29, 1.82) is 0 Å². The molecule has 0 unspecified atom stereocenters. The highest BCUT2D eigenvalue weighted by Crippen LogP contribution is 2.31. The molecule has 0 aliphatic carbocycles. The molecule has 3 rings (SSSR count). The second kappa shape index (κ2) is 6.33. The lowest BCUT2D eigenvalue weighted by Gasteiger charge is -2.15. The van der Waals surface area contributed by atoms with Gasteiger partial charge in [-0.3, -0.25) is 14.3 Å². The van der Waals surface area contributed by atoms with Gasteiger partial charge in [-0.25, -0.2) is 4.79 Å². The fourth-order valence-electron chi connectivity index (χ4n) is 2.74. The van der Waals surface area contributed by atoms with Gasteiger partial charge in [-0.2, -0.15) is 0 Å². The molecular weight excluding hydrogens is 316 g/mol. The predicted molar refractivity (Wildman–Crippen MR) is 84.1 cm³/mol. The van der Waals surface area contributed by atoms with Gasteiger partial charge < -0.3 is 20.1 Å². The van der Waals surface area contributed by atoms with Crippen LogP contribution in [-0.4, -0.2) is 49.8 Å². The molecule has 1 aliphatic rings. The number of H-pyrrole nitrogens is 1. The molecule has 128 valence electrons. The van der Waals surface area contributed by atoms with E-state index in [1.54, 1.807) is 12.1 Å². The van der Waals surface area contributed by atoms with Crippen LogP contribution in [0.15, 0.2) is 40.1 Å². The molecule has 0 amide bonds. The molecule has 2 aromatic rings. The Morgan fingerprint density at radius 1 is 1.17 bits per heavy atom. The van der Waals surface area contributed by atoms with Gasteiger partial charge in [0, 0.05) is 6.20 Å². The highest BCUT2D eigenvalue weighted by molar-refractivity contribution is 5.35. The third kappa shape index (κ3) is 2.80. The van der Waals surface area contributed by atoms with E-state index in [9.17, 15) is 19.8 Å². The first-order valence-electron chi connectivity index (χ1n) is 7.47. The first-order chi connectivity index (χ1) is 11.4. The second-order valence-electron chi connectivity index (χ2n) is 5.81. The number of hydrogen-bond acceptors (Lipinski definition) is 6. The molecule has 24 heavy (non-hydrogen) atoms. The number of hydrogen-bond donors (Lipinski definition) is 4. The number of ether oxygens (including phenoxy) is 1. The van der Waals surface area contributed by atoms with Gasteiger partial charge in [-0.1, -0.05) is 17.7 Å². The number of aliphatic hydroxyl groups is 3. The molecule has 1 fully saturated rings. The first kappa shape index (κ1) is 16.6. The summed E-state index contributed by atoms with van der Waals surface area (Å²) in [6.07, 6.45) is -3.56. The van der Waals surface area contributed by atoms with Crippen LogP contribution in [0.5, 0.6) is 0 Å². The van der Waals surface area contributed by atoms with Gasteiger partial charge in [0.25, 0.3) is 5.56 Å². The summed E-state index contributed by atoms with van der Waals surface area (Å²) >= 11 is 0. The van der Waals surface area contributed by atoms with Crippen molar-refractivity contribution in [3.05, 3.63) is 62.4 Å². The zero-order valence-corrected chi connectivity index (χ0v) is 12.9. The largest absolute Gasteiger partial charge is 0.394 e. The number of nitrogens with one attached hydrogen (secondary N) is 1. The Balaban J connectivity index is 2.07. The van der Waals surface area contributed by atoms with Gasteiger partial charge in [-0.15, -0.1) is 0 Å².